The summed E-state index contributed by atoms with van der Waals surface area (Å²) in [6.45, 7) is 1.74. The highest BCUT2D eigenvalue weighted by atomic mass is 32.2. The number of rotatable bonds is 6. The fourth-order valence-corrected chi connectivity index (χ4v) is 2.44. The van der Waals surface area contributed by atoms with Crippen molar-refractivity contribution < 1.29 is 22.0 Å². The summed E-state index contributed by atoms with van der Waals surface area (Å²) in [4.78, 5) is 12.9. The van der Waals surface area contributed by atoms with Gasteiger partial charge in [-0.2, -0.15) is 14.0 Å². The molecule has 120 valence electrons. The zero-order chi connectivity index (χ0) is 16.9. The summed E-state index contributed by atoms with van der Waals surface area (Å²) in [5.74, 6) is -3.72. The summed E-state index contributed by atoms with van der Waals surface area (Å²) in [5.41, 5.74) is 0.509. The van der Waals surface area contributed by atoms with Gasteiger partial charge in [0.15, 0.2) is 0 Å². The molecule has 0 N–H and O–H groups in total. The lowest BCUT2D eigenvalue weighted by molar-refractivity contribution is -0.130. The van der Waals surface area contributed by atoms with Crippen molar-refractivity contribution in [1.82, 2.24) is 4.90 Å². The third-order valence-electron chi connectivity index (χ3n) is 3.28. The van der Waals surface area contributed by atoms with Gasteiger partial charge in [0, 0.05) is 13.1 Å². The molecular weight excluding hydrogens is 314 g/mol. The molecule has 0 saturated carbocycles. The summed E-state index contributed by atoms with van der Waals surface area (Å²) in [6.07, 6.45) is 0.203. The van der Waals surface area contributed by atoms with Gasteiger partial charge in [-0.25, -0.2) is 8.42 Å². The Morgan fingerprint density at radius 2 is 1.86 bits per heavy atom. The maximum atomic E-state index is 12.4. The van der Waals surface area contributed by atoms with E-state index in [1.807, 2.05) is 6.07 Å². The molecule has 1 aromatic carbocycles. The molecule has 8 heteroatoms. The molecule has 1 unspecified atom stereocenters. The Morgan fingerprint density at radius 3 is 2.32 bits per heavy atom. The molecule has 0 heterocycles. The maximum absolute atomic E-state index is 12.4. The number of nitrogens with zero attached hydrogens (tertiary/aromatic N) is 2. The van der Waals surface area contributed by atoms with Gasteiger partial charge in [-0.3, -0.25) is 4.79 Å². The second kappa shape index (κ2) is 7.31. The zero-order valence-corrected chi connectivity index (χ0v) is 13.0. The van der Waals surface area contributed by atoms with Crippen LogP contribution >= 0.6 is 0 Å². The molecule has 0 aromatic heterocycles. The van der Waals surface area contributed by atoms with Gasteiger partial charge in [-0.15, -0.1) is 0 Å². The SMILES string of the molecule is CC(CC#N)N(C)C(=O)Cc1ccc(S(=O)(=O)C(F)F)cc1. The lowest BCUT2D eigenvalue weighted by Crippen LogP contribution is -2.35. The minimum Gasteiger partial charge on any atom is -0.342 e. The van der Waals surface area contributed by atoms with E-state index in [9.17, 15) is 22.0 Å². The van der Waals surface area contributed by atoms with Gasteiger partial charge < -0.3 is 4.90 Å². The van der Waals surface area contributed by atoms with Crippen LogP contribution < -0.4 is 0 Å². The molecular formula is C14H16F2N2O3S. The molecule has 1 atom stereocenters. The van der Waals surface area contributed by atoms with Crippen LogP contribution in [0.2, 0.25) is 0 Å². The predicted molar refractivity (Wildman–Crippen MR) is 75.8 cm³/mol. The largest absolute Gasteiger partial charge is 0.342 e. The van der Waals surface area contributed by atoms with E-state index < -0.39 is 20.5 Å². The fourth-order valence-electron chi connectivity index (χ4n) is 1.71. The minimum atomic E-state index is -4.62. The Kier molecular flexibility index (Phi) is 6.00. The average molecular weight is 330 g/mol. The summed E-state index contributed by atoms with van der Waals surface area (Å²) >= 11 is 0. The van der Waals surface area contributed by atoms with Crippen molar-refractivity contribution in [3.05, 3.63) is 29.8 Å². The highest BCUT2D eigenvalue weighted by Gasteiger charge is 2.26. The van der Waals surface area contributed by atoms with E-state index in [4.69, 9.17) is 5.26 Å². The molecule has 0 saturated heterocycles. The van der Waals surface area contributed by atoms with E-state index in [1.54, 1.807) is 14.0 Å². The fraction of sp³-hybridized carbons (Fsp3) is 0.429. The number of hydrogen-bond acceptors (Lipinski definition) is 4. The topological polar surface area (TPSA) is 78.2 Å². The third-order valence-corrected chi connectivity index (χ3v) is 4.68. The number of carbonyl (C=O) groups is 1. The van der Waals surface area contributed by atoms with Gasteiger partial charge in [0.2, 0.25) is 15.7 Å². The zero-order valence-electron chi connectivity index (χ0n) is 12.2. The second-order valence-electron chi connectivity index (χ2n) is 4.84. The Bertz CT molecular complexity index is 666. The van der Waals surface area contributed by atoms with Gasteiger partial charge in [-0.1, -0.05) is 12.1 Å². The van der Waals surface area contributed by atoms with Crippen molar-refractivity contribution in [3.8, 4) is 6.07 Å². The van der Waals surface area contributed by atoms with Crippen LogP contribution in [0, 0.1) is 11.3 Å². The predicted octanol–water partition coefficient (Wildman–Crippen LogP) is 1.99. The first-order valence-electron chi connectivity index (χ1n) is 6.43. The normalized spacial score (nSPS) is 12.7. The van der Waals surface area contributed by atoms with Crippen molar-refractivity contribution in [1.29, 1.82) is 5.26 Å². The quantitative estimate of drug-likeness (QED) is 0.799. The molecule has 0 spiro atoms. The summed E-state index contributed by atoms with van der Waals surface area (Å²) < 4.78 is 47.4. The van der Waals surface area contributed by atoms with Gasteiger partial charge in [-0.05, 0) is 24.6 Å². The molecule has 0 aliphatic rings. The molecule has 0 fully saturated rings. The first kappa shape index (κ1) is 18.0. The van der Waals surface area contributed by atoms with E-state index in [2.05, 4.69) is 0 Å². The van der Waals surface area contributed by atoms with Gasteiger partial charge in [0.25, 0.3) is 0 Å². The lowest BCUT2D eigenvalue weighted by Gasteiger charge is -2.23. The summed E-state index contributed by atoms with van der Waals surface area (Å²) in [7, 11) is -3.05. The first-order chi connectivity index (χ1) is 10.2. The smallest absolute Gasteiger partial charge is 0.341 e. The van der Waals surface area contributed by atoms with Crippen LogP contribution in [0.1, 0.15) is 18.9 Å². The van der Waals surface area contributed by atoms with E-state index in [1.165, 1.54) is 17.0 Å². The molecule has 0 aliphatic heterocycles. The Labute approximate surface area is 128 Å². The first-order valence-corrected chi connectivity index (χ1v) is 7.98. The number of benzene rings is 1. The standard InChI is InChI=1S/C14H16F2N2O3S/c1-10(7-8-17)18(2)13(19)9-11-3-5-12(6-4-11)22(20,21)14(15)16/h3-6,10,14H,7,9H2,1-2H3. The van der Waals surface area contributed by atoms with Gasteiger partial charge in [0.1, 0.15) is 0 Å². The average Bonchev–Trinajstić information content (AvgIpc) is 2.47. The Hall–Kier alpha value is -2.01. The molecule has 0 radical (unpaired) electrons. The molecule has 0 bridgehead atoms. The highest BCUT2D eigenvalue weighted by Crippen LogP contribution is 2.19. The number of amides is 1. The Morgan fingerprint density at radius 1 is 1.32 bits per heavy atom. The number of nitriles is 1. The molecule has 5 nitrogen and oxygen atoms in total. The summed E-state index contributed by atoms with van der Waals surface area (Å²) in [6, 6.07) is 6.51. The number of sulfone groups is 1. The highest BCUT2D eigenvalue weighted by molar-refractivity contribution is 7.91. The van der Waals surface area contributed by atoms with Crippen molar-refractivity contribution >= 4 is 15.7 Å². The molecule has 22 heavy (non-hydrogen) atoms. The molecule has 1 aromatic rings. The van der Waals surface area contributed by atoms with Crippen LogP contribution in [-0.2, 0) is 21.1 Å². The number of hydrogen-bond donors (Lipinski definition) is 0. The monoisotopic (exact) mass is 330 g/mol. The van der Waals surface area contributed by atoms with E-state index in [-0.39, 0.29) is 24.8 Å². The number of carbonyl (C=O) groups excluding carboxylic acids is 1. The van der Waals surface area contributed by atoms with Crippen LogP contribution in [-0.4, -0.2) is 38.1 Å². The lowest BCUT2D eigenvalue weighted by atomic mass is 10.1. The molecule has 1 rings (SSSR count). The summed E-state index contributed by atoms with van der Waals surface area (Å²) in [5, 5.41) is 8.60. The number of halogens is 2. The molecule has 0 aliphatic carbocycles. The molecule has 1 amide bonds. The van der Waals surface area contributed by atoms with Crippen molar-refractivity contribution in [3.63, 3.8) is 0 Å². The van der Waals surface area contributed by atoms with E-state index in [0.29, 0.717) is 5.56 Å². The third kappa shape index (κ3) is 4.24. The minimum absolute atomic E-state index is 0.00126. The van der Waals surface area contributed by atoms with Crippen molar-refractivity contribution in [2.45, 2.75) is 36.5 Å². The number of likely N-dealkylation sites (N-methyl/N-ethyl adjacent to an activating group) is 1. The van der Waals surface area contributed by atoms with Crippen LogP contribution in [0.4, 0.5) is 8.78 Å². The number of alkyl halides is 2. The van der Waals surface area contributed by atoms with Gasteiger partial charge >= 0.3 is 5.76 Å². The maximum Gasteiger partial charge on any atom is 0.341 e. The second-order valence-corrected chi connectivity index (χ2v) is 6.76. The van der Waals surface area contributed by atoms with Crippen molar-refractivity contribution in [2.75, 3.05) is 7.05 Å². The van der Waals surface area contributed by atoms with Crippen LogP contribution in [0.25, 0.3) is 0 Å². The van der Waals surface area contributed by atoms with Crippen LogP contribution in [0.5, 0.6) is 0 Å². The van der Waals surface area contributed by atoms with E-state index >= 15 is 0 Å². The Balaban J connectivity index is 2.81. The van der Waals surface area contributed by atoms with Crippen LogP contribution in [0.3, 0.4) is 0 Å². The van der Waals surface area contributed by atoms with E-state index in [0.717, 1.165) is 12.1 Å². The van der Waals surface area contributed by atoms with Crippen LogP contribution in [0.15, 0.2) is 29.2 Å². The van der Waals surface area contributed by atoms with Gasteiger partial charge in [0.05, 0.1) is 23.8 Å². The van der Waals surface area contributed by atoms with Crippen molar-refractivity contribution in [2.24, 2.45) is 0 Å².